The molecule has 0 aliphatic heterocycles. The van der Waals surface area contributed by atoms with Crippen LogP contribution in [0.1, 0.15) is 0 Å². The van der Waals surface area contributed by atoms with E-state index < -0.39 is 0 Å². The van der Waals surface area contributed by atoms with Crippen LogP contribution in [0.3, 0.4) is 0 Å². The second kappa shape index (κ2) is 7.09. The lowest BCUT2D eigenvalue weighted by molar-refractivity contribution is -0.118. The van der Waals surface area contributed by atoms with Crippen molar-refractivity contribution >= 4 is 22.4 Å². The number of benzene rings is 2. The van der Waals surface area contributed by atoms with Gasteiger partial charge in [0.1, 0.15) is 11.5 Å². The van der Waals surface area contributed by atoms with Gasteiger partial charge in [0.05, 0.1) is 12.5 Å². The van der Waals surface area contributed by atoms with Crippen molar-refractivity contribution in [2.24, 2.45) is 7.05 Å². The number of nitrogens with zero attached hydrogens (tertiary/aromatic N) is 1. The van der Waals surface area contributed by atoms with Crippen LogP contribution in [0, 0.1) is 0 Å². The molecule has 2 aromatic carbocycles. The maximum atomic E-state index is 12.1. The van der Waals surface area contributed by atoms with Gasteiger partial charge in [-0.15, -0.1) is 0 Å². The lowest BCUT2D eigenvalue weighted by Crippen LogP contribution is -2.20. The number of anilines is 1. The fourth-order valence-corrected chi connectivity index (χ4v) is 2.51. The minimum Gasteiger partial charge on any atom is -0.497 e. The summed E-state index contributed by atoms with van der Waals surface area (Å²) in [7, 11) is 3.26. The van der Waals surface area contributed by atoms with Crippen molar-refractivity contribution < 1.29 is 14.3 Å². The molecule has 128 valence electrons. The van der Waals surface area contributed by atoms with Crippen LogP contribution in [0.2, 0.25) is 0 Å². The Hall–Kier alpha value is -3.28. The summed E-state index contributed by atoms with van der Waals surface area (Å²) in [5.41, 5.74) is 0.517. The predicted octanol–water partition coefficient (Wildman–Crippen LogP) is 2.56. The lowest BCUT2D eigenvalue weighted by Gasteiger charge is -2.11. The van der Waals surface area contributed by atoms with E-state index in [1.54, 1.807) is 68.9 Å². The van der Waals surface area contributed by atoms with Crippen LogP contribution in [0.15, 0.2) is 59.5 Å². The van der Waals surface area contributed by atoms with Crippen LogP contribution >= 0.6 is 0 Å². The third kappa shape index (κ3) is 3.63. The number of amides is 1. The molecule has 1 amide bonds. The Labute approximate surface area is 144 Å². The highest BCUT2D eigenvalue weighted by Gasteiger charge is 2.09. The van der Waals surface area contributed by atoms with Crippen LogP contribution in [0.5, 0.6) is 11.5 Å². The quantitative estimate of drug-likeness (QED) is 0.776. The molecule has 0 saturated heterocycles. The van der Waals surface area contributed by atoms with Gasteiger partial charge in [0.2, 0.25) is 0 Å². The van der Waals surface area contributed by atoms with Gasteiger partial charge >= 0.3 is 0 Å². The van der Waals surface area contributed by atoms with E-state index in [1.807, 2.05) is 0 Å². The van der Waals surface area contributed by atoms with E-state index in [4.69, 9.17) is 9.47 Å². The first-order valence-electron chi connectivity index (χ1n) is 7.73. The van der Waals surface area contributed by atoms with Crippen LogP contribution in [0.25, 0.3) is 10.8 Å². The maximum absolute atomic E-state index is 12.1. The molecule has 25 heavy (non-hydrogen) atoms. The van der Waals surface area contributed by atoms with Crippen molar-refractivity contribution in [3.63, 3.8) is 0 Å². The largest absolute Gasteiger partial charge is 0.497 e. The zero-order chi connectivity index (χ0) is 17.8. The first-order chi connectivity index (χ1) is 12.1. The number of hydrogen-bond acceptors (Lipinski definition) is 4. The van der Waals surface area contributed by atoms with E-state index in [0.717, 1.165) is 0 Å². The number of aryl methyl sites for hydroxylation is 1. The average Bonchev–Trinajstić information content (AvgIpc) is 2.63. The highest BCUT2D eigenvalue weighted by Crippen LogP contribution is 2.23. The number of carbonyl (C=O) groups is 1. The number of aromatic nitrogens is 1. The average molecular weight is 338 g/mol. The van der Waals surface area contributed by atoms with Crippen LogP contribution in [-0.2, 0) is 11.8 Å². The van der Waals surface area contributed by atoms with E-state index in [0.29, 0.717) is 28.0 Å². The summed E-state index contributed by atoms with van der Waals surface area (Å²) in [5, 5.41) is 3.98. The van der Waals surface area contributed by atoms with Crippen molar-refractivity contribution in [3.8, 4) is 11.5 Å². The van der Waals surface area contributed by atoms with Crippen LogP contribution in [-0.4, -0.2) is 24.2 Å². The molecule has 0 saturated carbocycles. The number of carbonyl (C=O) groups excluding carboxylic acids is 1. The fourth-order valence-electron chi connectivity index (χ4n) is 2.51. The molecule has 1 aromatic heterocycles. The lowest BCUT2D eigenvalue weighted by atomic mass is 10.1. The summed E-state index contributed by atoms with van der Waals surface area (Å²) in [6.45, 7) is -0.161. The molecule has 0 atom stereocenters. The monoisotopic (exact) mass is 338 g/mol. The first-order valence-corrected chi connectivity index (χ1v) is 7.73. The van der Waals surface area contributed by atoms with E-state index in [1.165, 1.54) is 4.57 Å². The predicted molar refractivity (Wildman–Crippen MR) is 96.3 cm³/mol. The number of hydrogen-bond donors (Lipinski definition) is 1. The SMILES string of the molecule is COc1cccc(NC(=O)COc2cccc3c(=O)n(C)ccc23)c1. The van der Waals surface area contributed by atoms with Gasteiger partial charge in [-0.3, -0.25) is 9.59 Å². The summed E-state index contributed by atoms with van der Waals surface area (Å²) in [6.07, 6.45) is 1.67. The molecule has 0 radical (unpaired) electrons. The molecule has 0 bridgehead atoms. The minimum atomic E-state index is -0.297. The van der Waals surface area contributed by atoms with Crippen molar-refractivity contribution in [2.45, 2.75) is 0 Å². The van der Waals surface area contributed by atoms with Gasteiger partial charge < -0.3 is 19.4 Å². The van der Waals surface area contributed by atoms with E-state index >= 15 is 0 Å². The van der Waals surface area contributed by atoms with E-state index in [9.17, 15) is 9.59 Å². The number of fused-ring (bicyclic) bond motifs is 1. The molecule has 6 nitrogen and oxygen atoms in total. The molecule has 1 heterocycles. The van der Waals surface area contributed by atoms with Gasteiger partial charge in [-0.25, -0.2) is 0 Å². The highest BCUT2D eigenvalue weighted by molar-refractivity contribution is 5.93. The Morgan fingerprint density at radius 3 is 2.72 bits per heavy atom. The third-order valence-corrected chi connectivity index (χ3v) is 3.79. The summed E-state index contributed by atoms with van der Waals surface area (Å²) in [6, 6.07) is 14.1. The van der Waals surface area contributed by atoms with Crippen LogP contribution < -0.4 is 20.3 Å². The second-order valence-electron chi connectivity index (χ2n) is 5.52. The Morgan fingerprint density at radius 1 is 1.12 bits per heavy atom. The van der Waals surface area contributed by atoms with Crippen molar-refractivity contribution in [2.75, 3.05) is 19.0 Å². The smallest absolute Gasteiger partial charge is 0.262 e. The van der Waals surface area contributed by atoms with Crippen LogP contribution in [0.4, 0.5) is 5.69 Å². The number of methoxy groups -OCH3 is 1. The zero-order valence-corrected chi connectivity index (χ0v) is 14.0. The van der Waals surface area contributed by atoms with Gasteiger partial charge in [0.15, 0.2) is 6.61 Å². The first kappa shape index (κ1) is 16.6. The Bertz CT molecular complexity index is 979. The number of pyridine rings is 1. The van der Waals surface area contributed by atoms with E-state index in [2.05, 4.69) is 5.32 Å². The molecule has 0 aliphatic carbocycles. The van der Waals surface area contributed by atoms with Crippen molar-refractivity contribution in [1.29, 1.82) is 0 Å². The molecule has 3 rings (SSSR count). The molecule has 1 N–H and O–H groups in total. The van der Waals surface area contributed by atoms with Crippen molar-refractivity contribution in [1.82, 2.24) is 4.57 Å². The summed E-state index contributed by atoms with van der Waals surface area (Å²) in [4.78, 5) is 24.2. The van der Waals surface area contributed by atoms with Gasteiger partial charge in [-0.1, -0.05) is 12.1 Å². The normalized spacial score (nSPS) is 10.5. The van der Waals surface area contributed by atoms with Gasteiger partial charge in [0, 0.05) is 30.4 Å². The van der Waals surface area contributed by atoms with Gasteiger partial charge in [0.25, 0.3) is 11.5 Å². The summed E-state index contributed by atoms with van der Waals surface area (Å²) in [5.74, 6) is 0.855. The van der Waals surface area contributed by atoms with E-state index in [-0.39, 0.29) is 18.1 Å². The fraction of sp³-hybridized carbons (Fsp3) is 0.158. The molecule has 3 aromatic rings. The molecule has 6 heteroatoms. The third-order valence-electron chi connectivity index (χ3n) is 3.79. The Kier molecular flexibility index (Phi) is 4.70. The molecule has 0 spiro atoms. The molecular weight excluding hydrogens is 320 g/mol. The zero-order valence-electron chi connectivity index (χ0n) is 14.0. The minimum absolute atomic E-state index is 0.108. The van der Waals surface area contributed by atoms with Crippen molar-refractivity contribution in [3.05, 3.63) is 65.1 Å². The molecule has 0 aliphatic rings. The topological polar surface area (TPSA) is 69.6 Å². The molecule has 0 fully saturated rings. The molecular formula is C19H18N2O4. The highest BCUT2D eigenvalue weighted by atomic mass is 16.5. The Morgan fingerprint density at radius 2 is 1.92 bits per heavy atom. The summed E-state index contributed by atoms with van der Waals surface area (Å²) < 4.78 is 12.2. The summed E-state index contributed by atoms with van der Waals surface area (Å²) >= 11 is 0. The maximum Gasteiger partial charge on any atom is 0.262 e. The number of rotatable bonds is 5. The number of ether oxygens (including phenoxy) is 2. The Balaban J connectivity index is 1.73. The van der Waals surface area contributed by atoms with Gasteiger partial charge in [-0.05, 0) is 30.3 Å². The molecule has 0 unspecified atom stereocenters. The van der Waals surface area contributed by atoms with Gasteiger partial charge in [-0.2, -0.15) is 0 Å². The second-order valence-corrected chi connectivity index (χ2v) is 5.52. The standard InChI is InChI=1S/C19H18N2O4/c1-21-10-9-15-16(19(21)23)7-4-8-17(15)25-12-18(22)20-13-5-3-6-14(11-13)24-2/h3-11H,12H2,1-2H3,(H,20,22). The number of nitrogens with one attached hydrogen (secondary N) is 1.